The first-order valence-electron chi connectivity index (χ1n) is 5.34. The van der Waals surface area contributed by atoms with Crippen molar-refractivity contribution >= 4 is 17.2 Å². The minimum Gasteiger partial charge on any atom is -0.338 e. The second kappa shape index (κ2) is 4.77. The Morgan fingerprint density at radius 3 is 3.20 bits per heavy atom. The number of hydrogen-bond donors (Lipinski definition) is 1. The number of piperidine rings is 1. The first-order valence-corrected chi connectivity index (χ1v) is 6.22. The normalized spacial score (nSPS) is 21.7. The third kappa shape index (κ3) is 2.38. The summed E-state index contributed by atoms with van der Waals surface area (Å²) in [7, 11) is 0. The number of rotatable bonds is 2. The molecule has 1 aromatic heterocycles. The topological polar surface area (TPSA) is 46.3 Å². The third-order valence-electron chi connectivity index (χ3n) is 2.87. The van der Waals surface area contributed by atoms with Crippen molar-refractivity contribution in [2.75, 3.05) is 19.6 Å². The molecule has 0 saturated carbocycles. The van der Waals surface area contributed by atoms with Gasteiger partial charge in [0.15, 0.2) is 0 Å². The molecule has 2 rings (SSSR count). The molecule has 1 aliphatic heterocycles. The summed E-state index contributed by atoms with van der Waals surface area (Å²) in [6.45, 7) is 2.40. The molecule has 0 bridgehead atoms. The number of carbonyl (C=O) groups is 1. The second-order valence-electron chi connectivity index (χ2n) is 3.97. The van der Waals surface area contributed by atoms with Gasteiger partial charge < -0.3 is 10.6 Å². The molecule has 0 aliphatic carbocycles. The highest BCUT2D eigenvalue weighted by molar-refractivity contribution is 7.12. The fourth-order valence-corrected chi connectivity index (χ4v) is 2.69. The van der Waals surface area contributed by atoms with Crippen molar-refractivity contribution in [2.24, 2.45) is 11.7 Å². The van der Waals surface area contributed by atoms with Crippen LogP contribution in [0.5, 0.6) is 0 Å². The van der Waals surface area contributed by atoms with Crippen molar-refractivity contribution in [1.82, 2.24) is 4.90 Å². The van der Waals surface area contributed by atoms with Gasteiger partial charge in [-0.1, -0.05) is 6.07 Å². The first-order chi connectivity index (χ1) is 7.31. The van der Waals surface area contributed by atoms with E-state index in [-0.39, 0.29) is 5.91 Å². The quantitative estimate of drug-likeness (QED) is 0.828. The number of nitrogens with two attached hydrogens (primary N) is 1. The van der Waals surface area contributed by atoms with Crippen LogP contribution in [0, 0.1) is 5.92 Å². The molecule has 0 radical (unpaired) electrons. The van der Waals surface area contributed by atoms with Gasteiger partial charge in [-0.2, -0.15) is 0 Å². The van der Waals surface area contributed by atoms with Gasteiger partial charge >= 0.3 is 0 Å². The Morgan fingerprint density at radius 1 is 1.67 bits per heavy atom. The number of nitrogens with zero attached hydrogens (tertiary/aromatic N) is 1. The average Bonchev–Trinajstić information content (AvgIpc) is 2.81. The molecule has 1 aromatic rings. The summed E-state index contributed by atoms with van der Waals surface area (Å²) in [6, 6.07) is 3.81. The van der Waals surface area contributed by atoms with Crippen molar-refractivity contribution in [2.45, 2.75) is 12.8 Å². The van der Waals surface area contributed by atoms with Gasteiger partial charge in [0.25, 0.3) is 5.91 Å². The largest absolute Gasteiger partial charge is 0.338 e. The lowest BCUT2D eigenvalue weighted by atomic mass is 9.98. The summed E-state index contributed by atoms with van der Waals surface area (Å²) in [4.78, 5) is 14.8. The Morgan fingerprint density at radius 2 is 2.53 bits per heavy atom. The molecule has 1 atom stereocenters. The van der Waals surface area contributed by atoms with Gasteiger partial charge in [-0.3, -0.25) is 4.79 Å². The van der Waals surface area contributed by atoms with Crippen LogP contribution in [0.15, 0.2) is 17.5 Å². The lowest BCUT2D eigenvalue weighted by Crippen LogP contribution is -2.41. The third-order valence-corrected chi connectivity index (χ3v) is 3.73. The fraction of sp³-hybridized carbons (Fsp3) is 0.545. The Hall–Kier alpha value is -0.870. The summed E-state index contributed by atoms with van der Waals surface area (Å²) in [5, 5.41) is 1.94. The van der Waals surface area contributed by atoms with Crippen LogP contribution in [-0.4, -0.2) is 30.4 Å². The number of amides is 1. The number of thiophene rings is 1. The fourth-order valence-electron chi connectivity index (χ4n) is 2.00. The first kappa shape index (κ1) is 10.6. The Labute approximate surface area is 93.9 Å². The molecule has 0 aromatic carbocycles. The summed E-state index contributed by atoms with van der Waals surface area (Å²) in [5.74, 6) is 0.658. The zero-order valence-electron chi connectivity index (χ0n) is 8.69. The Kier molecular flexibility index (Phi) is 3.38. The van der Waals surface area contributed by atoms with Crippen LogP contribution in [0.3, 0.4) is 0 Å². The maximum Gasteiger partial charge on any atom is 0.263 e. The molecule has 2 heterocycles. The van der Waals surface area contributed by atoms with Crippen LogP contribution in [0.4, 0.5) is 0 Å². The minimum atomic E-state index is 0.170. The number of carbonyl (C=O) groups excluding carboxylic acids is 1. The van der Waals surface area contributed by atoms with Crippen molar-refractivity contribution in [1.29, 1.82) is 0 Å². The van der Waals surface area contributed by atoms with Gasteiger partial charge in [0.2, 0.25) is 0 Å². The van der Waals surface area contributed by atoms with E-state index in [1.54, 1.807) is 0 Å². The van der Waals surface area contributed by atoms with Gasteiger partial charge in [-0.15, -0.1) is 11.3 Å². The van der Waals surface area contributed by atoms with Crippen LogP contribution in [0.2, 0.25) is 0 Å². The van der Waals surface area contributed by atoms with E-state index in [4.69, 9.17) is 5.73 Å². The monoisotopic (exact) mass is 224 g/mol. The lowest BCUT2D eigenvalue weighted by Gasteiger charge is -2.31. The highest BCUT2D eigenvalue weighted by Gasteiger charge is 2.23. The van der Waals surface area contributed by atoms with Gasteiger partial charge in [0.1, 0.15) is 0 Å². The van der Waals surface area contributed by atoms with Crippen molar-refractivity contribution in [3.8, 4) is 0 Å². The van der Waals surface area contributed by atoms with Crippen molar-refractivity contribution < 1.29 is 4.79 Å². The zero-order chi connectivity index (χ0) is 10.7. The molecule has 82 valence electrons. The molecule has 1 amide bonds. The summed E-state index contributed by atoms with van der Waals surface area (Å²) in [5.41, 5.74) is 5.65. The molecule has 1 unspecified atom stereocenters. The summed E-state index contributed by atoms with van der Waals surface area (Å²) < 4.78 is 0. The number of hydrogen-bond acceptors (Lipinski definition) is 3. The van der Waals surface area contributed by atoms with E-state index in [1.165, 1.54) is 11.3 Å². The predicted octanol–water partition coefficient (Wildman–Crippen LogP) is 1.56. The van der Waals surface area contributed by atoms with Gasteiger partial charge in [0.05, 0.1) is 4.88 Å². The van der Waals surface area contributed by atoms with E-state index in [1.807, 2.05) is 22.4 Å². The minimum absolute atomic E-state index is 0.170. The molecule has 3 nitrogen and oxygen atoms in total. The summed E-state index contributed by atoms with van der Waals surface area (Å²) >= 11 is 1.51. The molecule has 1 fully saturated rings. The molecule has 0 spiro atoms. The van der Waals surface area contributed by atoms with Gasteiger partial charge in [-0.25, -0.2) is 0 Å². The maximum atomic E-state index is 12.0. The Balaban J connectivity index is 2.01. The highest BCUT2D eigenvalue weighted by Crippen LogP contribution is 2.19. The second-order valence-corrected chi connectivity index (χ2v) is 4.92. The number of likely N-dealkylation sites (tertiary alicyclic amines) is 1. The highest BCUT2D eigenvalue weighted by atomic mass is 32.1. The molecule has 1 saturated heterocycles. The molecule has 4 heteroatoms. The molecule has 15 heavy (non-hydrogen) atoms. The molecule has 1 aliphatic rings. The van der Waals surface area contributed by atoms with E-state index in [2.05, 4.69) is 0 Å². The average molecular weight is 224 g/mol. The van der Waals surface area contributed by atoms with Crippen LogP contribution < -0.4 is 5.73 Å². The van der Waals surface area contributed by atoms with Crippen LogP contribution >= 0.6 is 11.3 Å². The SMILES string of the molecule is NCC1CCCN(C(=O)c2cccs2)C1. The maximum absolute atomic E-state index is 12.0. The van der Waals surface area contributed by atoms with Gasteiger partial charge in [0, 0.05) is 13.1 Å². The van der Waals surface area contributed by atoms with E-state index in [0.717, 1.165) is 30.8 Å². The van der Waals surface area contributed by atoms with E-state index in [9.17, 15) is 4.79 Å². The van der Waals surface area contributed by atoms with Gasteiger partial charge in [-0.05, 0) is 36.8 Å². The van der Waals surface area contributed by atoms with Crippen molar-refractivity contribution in [3.05, 3.63) is 22.4 Å². The Bertz CT molecular complexity index is 323. The van der Waals surface area contributed by atoms with Crippen molar-refractivity contribution in [3.63, 3.8) is 0 Å². The molecular weight excluding hydrogens is 208 g/mol. The lowest BCUT2D eigenvalue weighted by molar-refractivity contribution is 0.0683. The standard InChI is InChI=1S/C11H16N2OS/c12-7-9-3-1-5-13(8-9)11(14)10-4-2-6-15-10/h2,4,6,9H,1,3,5,7-8,12H2. The zero-order valence-corrected chi connectivity index (χ0v) is 9.50. The molecule has 2 N–H and O–H groups in total. The predicted molar refractivity (Wildman–Crippen MR) is 62.0 cm³/mol. The van der Waals surface area contributed by atoms with E-state index in [0.29, 0.717) is 12.5 Å². The van der Waals surface area contributed by atoms with Crippen LogP contribution in [0.1, 0.15) is 22.5 Å². The van der Waals surface area contributed by atoms with E-state index >= 15 is 0 Å². The molecular formula is C11H16N2OS. The van der Waals surface area contributed by atoms with E-state index < -0.39 is 0 Å². The smallest absolute Gasteiger partial charge is 0.263 e. The van der Waals surface area contributed by atoms with Crippen LogP contribution in [-0.2, 0) is 0 Å². The summed E-state index contributed by atoms with van der Waals surface area (Å²) in [6.07, 6.45) is 2.24. The van der Waals surface area contributed by atoms with Crippen LogP contribution in [0.25, 0.3) is 0 Å².